The minimum absolute atomic E-state index is 0.0989. The summed E-state index contributed by atoms with van der Waals surface area (Å²) in [5, 5.41) is 3.06. The zero-order valence-corrected chi connectivity index (χ0v) is 19.8. The number of methoxy groups -OCH3 is 1. The van der Waals surface area contributed by atoms with Gasteiger partial charge in [-0.15, -0.1) is 0 Å². The van der Waals surface area contributed by atoms with Crippen LogP contribution in [-0.2, 0) is 10.0 Å². The lowest BCUT2D eigenvalue weighted by Gasteiger charge is -2.09. The van der Waals surface area contributed by atoms with E-state index in [-0.39, 0.29) is 10.5 Å². The van der Waals surface area contributed by atoms with Gasteiger partial charge in [0.25, 0.3) is 15.6 Å². The van der Waals surface area contributed by atoms with Crippen molar-refractivity contribution < 1.29 is 13.2 Å². The largest absolute Gasteiger partial charge is 0.497 e. The maximum atomic E-state index is 12.8. The SMILES string of the molecule is COc1ccc(NS(=O)(=O)c2ccc(N=Cc3c(C)[nH]n(-c4ccc(C)cc4)c3=O)cc2)cc1. The number of nitrogens with one attached hydrogen (secondary N) is 2. The summed E-state index contributed by atoms with van der Waals surface area (Å²) in [4.78, 5) is 17.3. The summed E-state index contributed by atoms with van der Waals surface area (Å²) in [6.07, 6.45) is 1.48. The first-order valence-corrected chi connectivity index (χ1v) is 11.9. The summed E-state index contributed by atoms with van der Waals surface area (Å²) in [6.45, 7) is 3.78. The number of anilines is 1. The standard InChI is InChI=1S/C25H24N4O4S/c1-17-4-10-21(11-5-17)29-25(30)24(18(2)27-29)16-26-19-8-14-23(15-9-19)34(31,32)28-20-6-12-22(33-3)13-7-20/h4-16,27-28H,1-3H3. The van der Waals surface area contributed by atoms with Crippen LogP contribution >= 0.6 is 0 Å². The molecule has 0 saturated carbocycles. The predicted molar refractivity (Wildman–Crippen MR) is 133 cm³/mol. The monoisotopic (exact) mass is 476 g/mol. The molecule has 1 heterocycles. The van der Waals surface area contributed by atoms with Gasteiger partial charge in [0, 0.05) is 17.6 Å². The first kappa shape index (κ1) is 23.1. The zero-order chi connectivity index (χ0) is 24.3. The van der Waals surface area contributed by atoms with Gasteiger partial charge < -0.3 is 4.74 Å². The van der Waals surface area contributed by atoms with Crippen LogP contribution in [0.1, 0.15) is 16.8 Å². The molecule has 174 valence electrons. The number of nitrogens with zero attached hydrogens (tertiary/aromatic N) is 2. The Bertz CT molecular complexity index is 1480. The molecule has 3 aromatic carbocycles. The van der Waals surface area contributed by atoms with Crippen LogP contribution in [0.15, 0.2) is 87.5 Å². The quantitative estimate of drug-likeness (QED) is 0.387. The summed E-state index contributed by atoms with van der Waals surface area (Å²) in [5.74, 6) is 0.633. The number of benzene rings is 3. The molecule has 9 heteroatoms. The molecular weight excluding hydrogens is 452 g/mol. The molecule has 0 aliphatic heterocycles. The van der Waals surface area contributed by atoms with Crippen LogP contribution in [0.3, 0.4) is 0 Å². The fourth-order valence-corrected chi connectivity index (χ4v) is 4.37. The average Bonchev–Trinajstić information content (AvgIpc) is 3.12. The van der Waals surface area contributed by atoms with Gasteiger partial charge >= 0.3 is 0 Å². The summed E-state index contributed by atoms with van der Waals surface area (Å²) in [7, 11) is -2.22. The molecule has 0 spiro atoms. The van der Waals surface area contributed by atoms with Crippen molar-refractivity contribution in [1.29, 1.82) is 0 Å². The molecule has 0 aliphatic carbocycles. The highest BCUT2D eigenvalue weighted by Gasteiger charge is 2.14. The van der Waals surface area contributed by atoms with Gasteiger partial charge in [-0.3, -0.25) is 19.6 Å². The molecule has 0 amide bonds. The second kappa shape index (κ2) is 9.40. The maximum Gasteiger partial charge on any atom is 0.280 e. The van der Waals surface area contributed by atoms with Gasteiger partial charge in [0.05, 0.1) is 28.9 Å². The number of sulfonamides is 1. The van der Waals surface area contributed by atoms with Gasteiger partial charge in [-0.1, -0.05) is 17.7 Å². The highest BCUT2D eigenvalue weighted by atomic mass is 32.2. The Labute approximate surface area is 197 Å². The first-order chi connectivity index (χ1) is 16.3. The Hall–Kier alpha value is -4.11. The normalized spacial score (nSPS) is 11.6. The lowest BCUT2D eigenvalue weighted by molar-refractivity contribution is 0.415. The van der Waals surface area contributed by atoms with Crippen LogP contribution in [-0.4, -0.2) is 31.5 Å². The van der Waals surface area contributed by atoms with Crippen molar-refractivity contribution in [1.82, 2.24) is 9.78 Å². The van der Waals surface area contributed by atoms with E-state index in [2.05, 4.69) is 14.8 Å². The lowest BCUT2D eigenvalue weighted by Crippen LogP contribution is -2.17. The van der Waals surface area contributed by atoms with Crippen molar-refractivity contribution in [3.8, 4) is 11.4 Å². The first-order valence-electron chi connectivity index (χ1n) is 10.5. The maximum absolute atomic E-state index is 12.8. The molecule has 0 unspecified atom stereocenters. The van der Waals surface area contributed by atoms with Gasteiger partial charge in [-0.2, -0.15) is 0 Å². The topological polar surface area (TPSA) is 106 Å². The molecule has 0 saturated heterocycles. The van der Waals surface area contributed by atoms with Crippen molar-refractivity contribution in [3.05, 3.63) is 100.0 Å². The number of aryl methyl sites for hydroxylation is 2. The number of aliphatic imine (C=N–C) groups is 1. The highest BCUT2D eigenvalue weighted by molar-refractivity contribution is 7.92. The van der Waals surface area contributed by atoms with E-state index in [1.165, 1.54) is 23.0 Å². The number of rotatable bonds is 7. The molecule has 1 aromatic heterocycles. The van der Waals surface area contributed by atoms with E-state index in [0.717, 1.165) is 11.3 Å². The third kappa shape index (κ3) is 4.94. The molecule has 2 N–H and O–H groups in total. The van der Waals surface area contributed by atoms with E-state index >= 15 is 0 Å². The van der Waals surface area contributed by atoms with Gasteiger partial charge in [0.15, 0.2) is 0 Å². The van der Waals surface area contributed by atoms with Crippen LogP contribution < -0.4 is 15.0 Å². The van der Waals surface area contributed by atoms with E-state index < -0.39 is 10.0 Å². The van der Waals surface area contributed by atoms with E-state index in [9.17, 15) is 13.2 Å². The number of ether oxygens (including phenoxy) is 1. The lowest BCUT2D eigenvalue weighted by atomic mass is 10.2. The van der Waals surface area contributed by atoms with E-state index in [4.69, 9.17) is 4.74 Å². The van der Waals surface area contributed by atoms with Crippen LogP contribution in [0.2, 0.25) is 0 Å². The molecule has 0 atom stereocenters. The van der Waals surface area contributed by atoms with Crippen LogP contribution in [0.25, 0.3) is 5.69 Å². The van der Waals surface area contributed by atoms with Crippen LogP contribution in [0.5, 0.6) is 5.75 Å². The van der Waals surface area contributed by atoms with Crippen molar-refractivity contribution >= 4 is 27.6 Å². The van der Waals surface area contributed by atoms with Gasteiger partial charge in [0.1, 0.15) is 5.75 Å². The minimum atomic E-state index is -3.76. The van der Waals surface area contributed by atoms with Crippen molar-refractivity contribution in [3.63, 3.8) is 0 Å². The minimum Gasteiger partial charge on any atom is -0.497 e. The fourth-order valence-electron chi connectivity index (χ4n) is 3.31. The summed E-state index contributed by atoms with van der Waals surface area (Å²) in [6, 6.07) is 20.3. The van der Waals surface area contributed by atoms with Gasteiger partial charge in [0.2, 0.25) is 0 Å². The third-order valence-corrected chi connectivity index (χ3v) is 6.64. The average molecular weight is 477 g/mol. The molecule has 34 heavy (non-hydrogen) atoms. The second-order valence-corrected chi connectivity index (χ2v) is 9.40. The Kier molecular flexibility index (Phi) is 6.38. The molecule has 8 nitrogen and oxygen atoms in total. The fraction of sp³-hybridized carbons (Fsp3) is 0.120. The van der Waals surface area contributed by atoms with Crippen molar-refractivity contribution in [2.75, 3.05) is 11.8 Å². The van der Waals surface area contributed by atoms with E-state index in [1.54, 1.807) is 50.4 Å². The number of aromatic nitrogens is 2. The number of hydrogen-bond acceptors (Lipinski definition) is 5. The van der Waals surface area contributed by atoms with E-state index in [1.807, 2.05) is 31.2 Å². The molecular formula is C25H24N4O4S. The smallest absolute Gasteiger partial charge is 0.280 e. The van der Waals surface area contributed by atoms with Gasteiger partial charge in [-0.05, 0) is 74.5 Å². The van der Waals surface area contributed by atoms with Crippen molar-refractivity contribution in [2.45, 2.75) is 18.7 Å². The van der Waals surface area contributed by atoms with Gasteiger partial charge in [-0.25, -0.2) is 13.1 Å². The third-order valence-electron chi connectivity index (χ3n) is 5.24. The predicted octanol–water partition coefficient (Wildman–Crippen LogP) is 4.34. The summed E-state index contributed by atoms with van der Waals surface area (Å²) in [5.41, 5.74) is 3.67. The Morgan fingerprint density at radius 3 is 2.21 bits per heavy atom. The molecule has 0 radical (unpaired) electrons. The Balaban J connectivity index is 1.52. The van der Waals surface area contributed by atoms with Crippen LogP contribution in [0, 0.1) is 13.8 Å². The Morgan fingerprint density at radius 2 is 1.59 bits per heavy atom. The zero-order valence-electron chi connectivity index (χ0n) is 18.9. The Morgan fingerprint density at radius 1 is 0.941 bits per heavy atom. The highest BCUT2D eigenvalue weighted by Crippen LogP contribution is 2.21. The second-order valence-electron chi connectivity index (χ2n) is 7.71. The molecule has 4 aromatic rings. The number of hydrogen-bond donors (Lipinski definition) is 2. The summed E-state index contributed by atoms with van der Waals surface area (Å²) >= 11 is 0. The van der Waals surface area contributed by atoms with Crippen molar-refractivity contribution in [2.24, 2.45) is 4.99 Å². The molecule has 4 rings (SSSR count). The molecule has 0 aliphatic rings. The number of aromatic amines is 1. The number of H-pyrrole nitrogens is 1. The van der Waals surface area contributed by atoms with E-state index in [0.29, 0.717) is 28.4 Å². The summed E-state index contributed by atoms with van der Waals surface area (Å²) < 4.78 is 34.4. The van der Waals surface area contributed by atoms with Crippen LogP contribution in [0.4, 0.5) is 11.4 Å². The molecule has 0 bridgehead atoms. The molecule has 0 fully saturated rings.